The Hall–Kier alpha value is -2.46. The fourth-order valence-electron chi connectivity index (χ4n) is 2.33. The van der Waals surface area contributed by atoms with E-state index in [2.05, 4.69) is 27.3 Å². The number of aryl methyl sites for hydroxylation is 1. The van der Waals surface area contributed by atoms with Crippen molar-refractivity contribution in [3.05, 3.63) is 61.5 Å². The maximum atomic E-state index is 12.6. The van der Waals surface area contributed by atoms with E-state index in [4.69, 9.17) is 11.6 Å². The van der Waals surface area contributed by atoms with Crippen LogP contribution in [0.5, 0.6) is 0 Å². The lowest BCUT2D eigenvalue weighted by Gasteiger charge is -2.10. The van der Waals surface area contributed by atoms with Gasteiger partial charge in [-0.25, -0.2) is 9.97 Å². The summed E-state index contributed by atoms with van der Waals surface area (Å²) in [6.45, 7) is 2.56. The fraction of sp³-hybridized carbons (Fsp3) is 0.294. The van der Waals surface area contributed by atoms with Gasteiger partial charge in [0.05, 0.1) is 22.5 Å². The molecule has 0 aliphatic heterocycles. The lowest BCUT2D eigenvalue weighted by molar-refractivity contribution is -0.137. The molecule has 0 aromatic carbocycles. The number of hydrogen-bond donors (Lipinski definition) is 1. The van der Waals surface area contributed by atoms with Crippen molar-refractivity contribution in [1.29, 1.82) is 0 Å². The zero-order chi connectivity index (χ0) is 20.3. The summed E-state index contributed by atoms with van der Waals surface area (Å²) < 4.78 is 38.7. The molecular formula is C17H15ClF3N5OS. The van der Waals surface area contributed by atoms with Crippen molar-refractivity contribution in [2.75, 3.05) is 11.9 Å². The molecule has 0 amide bonds. The van der Waals surface area contributed by atoms with Crippen molar-refractivity contribution in [3.63, 3.8) is 0 Å². The van der Waals surface area contributed by atoms with Gasteiger partial charge in [0.1, 0.15) is 5.02 Å². The highest BCUT2D eigenvalue weighted by Gasteiger charge is 2.30. The van der Waals surface area contributed by atoms with Gasteiger partial charge in [0, 0.05) is 30.2 Å². The number of thiazole rings is 1. The summed E-state index contributed by atoms with van der Waals surface area (Å²) in [7, 11) is 0. The molecule has 0 spiro atoms. The Kier molecular flexibility index (Phi) is 5.99. The molecule has 28 heavy (non-hydrogen) atoms. The maximum Gasteiger partial charge on any atom is 0.417 e. The van der Waals surface area contributed by atoms with Crippen LogP contribution in [0.15, 0.2) is 35.5 Å². The SMILES string of the molecule is CCc1cnc(CCNc2cnn(-c3ccc(C(F)(F)F)cn3)c(=O)c2Cl)s1. The Bertz CT molecular complexity index is 1020. The predicted octanol–water partition coefficient (Wildman–Crippen LogP) is 3.97. The Morgan fingerprint density at radius 3 is 2.61 bits per heavy atom. The number of hydrogen-bond acceptors (Lipinski definition) is 6. The molecule has 0 aliphatic rings. The van der Waals surface area contributed by atoms with Crippen LogP contribution in [-0.2, 0) is 19.0 Å². The van der Waals surface area contributed by atoms with Gasteiger partial charge in [-0.3, -0.25) is 4.79 Å². The summed E-state index contributed by atoms with van der Waals surface area (Å²) in [5.41, 5.74) is -1.26. The van der Waals surface area contributed by atoms with E-state index in [0.29, 0.717) is 24.8 Å². The Labute approximate surface area is 167 Å². The molecule has 3 aromatic rings. The third kappa shape index (κ3) is 4.50. The Morgan fingerprint density at radius 1 is 1.21 bits per heavy atom. The topological polar surface area (TPSA) is 72.7 Å². The fourth-order valence-corrected chi connectivity index (χ4v) is 3.39. The Balaban J connectivity index is 1.72. The normalized spacial score (nSPS) is 11.6. The van der Waals surface area contributed by atoms with Gasteiger partial charge < -0.3 is 5.32 Å². The van der Waals surface area contributed by atoms with Crippen LogP contribution >= 0.6 is 22.9 Å². The average molecular weight is 430 g/mol. The lowest BCUT2D eigenvalue weighted by Crippen LogP contribution is -2.24. The van der Waals surface area contributed by atoms with Crippen molar-refractivity contribution >= 4 is 28.6 Å². The Morgan fingerprint density at radius 2 is 2.00 bits per heavy atom. The molecule has 3 heterocycles. The molecule has 3 rings (SSSR count). The van der Waals surface area contributed by atoms with Crippen LogP contribution in [0.1, 0.15) is 22.4 Å². The molecule has 6 nitrogen and oxygen atoms in total. The third-order valence-electron chi connectivity index (χ3n) is 3.82. The van der Waals surface area contributed by atoms with Crippen LogP contribution in [-0.4, -0.2) is 26.3 Å². The molecule has 0 saturated carbocycles. The second-order valence-corrected chi connectivity index (χ2v) is 7.32. The van der Waals surface area contributed by atoms with Gasteiger partial charge in [-0.15, -0.1) is 11.3 Å². The first kappa shape index (κ1) is 20.3. The monoisotopic (exact) mass is 429 g/mol. The van der Waals surface area contributed by atoms with Gasteiger partial charge in [0.15, 0.2) is 5.82 Å². The van der Waals surface area contributed by atoms with E-state index >= 15 is 0 Å². The van der Waals surface area contributed by atoms with E-state index in [-0.39, 0.29) is 10.8 Å². The van der Waals surface area contributed by atoms with E-state index in [1.807, 2.05) is 6.20 Å². The summed E-state index contributed by atoms with van der Waals surface area (Å²) in [6, 6.07) is 1.89. The average Bonchev–Trinajstić information content (AvgIpc) is 3.13. The molecule has 0 saturated heterocycles. The van der Waals surface area contributed by atoms with Crippen LogP contribution in [0.25, 0.3) is 5.82 Å². The zero-order valence-electron chi connectivity index (χ0n) is 14.6. The van der Waals surface area contributed by atoms with Crippen LogP contribution in [0.3, 0.4) is 0 Å². The molecule has 1 N–H and O–H groups in total. The summed E-state index contributed by atoms with van der Waals surface area (Å²) in [5, 5.41) is 7.82. The minimum absolute atomic E-state index is 0.0543. The second-order valence-electron chi connectivity index (χ2n) is 5.74. The van der Waals surface area contributed by atoms with Crippen molar-refractivity contribution in [1.82, 2.24) is 19.7 Å². The molecule has 148 valence electrons. The molecule has 0 atom stereocenters. The summed E-state index contributed by atoms with van der Waals surface area (Å²) >= 11 is 7.73. The first-order chi connectivity index (χ1) is 13.3. The number of alkyl halides is 3. The van der Waals surface area contributed by atoms with E-state index < -0.39 is 17.3 Å². The maximum absolute atomic E-state index is 12.6. The third-order valence-corrected chi connectivity index (χ3v) is 5.38. The van der Waals surface area contributed by atoms with Gasteiger partial charge in [-0.2, -0.15) is 23.0 Å². The number of nitrogens with one attached hydrogen (secondary N) is 1. The van der Waals surface area contributed by atoms with Crippen molar-refractivity contribution in [2.24, 2.45) is 0 Å². The standard InChI is InChI=1S/C17H15ClF3N5OS/c1-2-11-8-24-14(28-11)5-6-22-12-9-25-26(16(27)15(12)18)13-4-3-10(7-23-13)17(19,20)21/h3-4,7-9,22H,2,5-6H2,1H3. The lowest BCUT2D eigenvalue weighted by atomic mass is 10.3. The number of rotatable bonds is 6. The molecule has 0 radical (unpaired) electrons. The van der Waals surface area contributed by atoms with Gasteiger partial charge in [0.25, 0.3) is 5.56 Å². The van der Waals surface area contributed by atoms with Crippen molar-refractivity contribution < 1.29 is 13.2 Å². The smallest absolute Gasteiger partial charge is 0.382 e. The summed E-state index contributed by atoms with van der Waals surface area (Å²) in [5.74, 6) is -0.0543. The van der Waals surface area contributed by atoms with E-state index in [1.54, 1.807) is 11.3 Å². The highest BCUT2D eigenvalue weighted by atomic mass is 35.5. The van der Waals surface area contributed by atoms with E-state index in [0.717, 1.165) is 28.2 Å². The molecule has 0 unspecified atom stereocenters. The molecule has 0 fully saturated rings. The molecule has 0 bridgehead atoms. The molecular weight excluding hydrogens is 415 g/mol. The predicted molar refractivity (Wildman–Crippen MR) is 101 cm³/mol. The van der Waals surface area contributed by atoms with Gasteiger partial charge in [-0.05, 0) is 18.6 Å². The summed E-state index contributed by atoms with van der Waals surface area (Å²) in [4.78, 5) is 21.6. The first-order valence-electron chi connectivity index (χ1n) is 8.28. The van der Waals surface area contributed by atoms with Crippen LogP contribution in [0.2, 0.25) is 5.02 Å². The van der Waals surface area contributed by atoms with Crippen LogP contribution in [0.4, 0.5) is 18.9 Å². The quantitative estimate of drug-likeness (QED) is 0.641. The van der Waals surface area contributed by atoms with Crippen molar-refractivity contribution in [2.45, 2.75) is 25.9 Å². The van der Waals surface area contributed by atoms with E-state index in [1.165, 1.54) is 11.1 Å². The second kappa shape index (κ2) is 8.27. The zero-order valence-corrected chi connectivity index (χ0v) is 16.2. The molecule has 3 aromatic heterocycles. The minimum atomic E-state index is -4.51. The number of pyridine rings is 1. The molecule has 11 heteroatoms. The number of aromatic nitrogens is 4. The largest absolute Gasteiger partial charge is 0.417 e. The molecule has 0 aliphatic carbocycles. The number of nitrogens with zero attached hydrogens (tertiary/aromatic N) is 4. The number of anilines is 1. The first-order valence-corrected chi connectivity index (χ1v) is 9.48. The van der Waals surface area contributed by atoms with Gasteiger partial charge in [-0.1, -0.05) is 18.5 Å². The summed E-state index contributed by atoms with van der Waals surface area (Å²) in [6.07, 6.45) is 0.892. The van der Waals surface area contributed by atoms with Crippen LogP contribution in [0, 0.1) is 0 Å². The van der Waals surface area contributed by atoms with Crippen LogP contribution < -0.4 is 10.9 Å². The van der Waals surface area contributed by atoms with Crippen molar-refractivity contribution in [3.8, 4) is 5.82 Å². The number of halogens is 4. The van der Waals surface area contributed by atoms with Gasteiger partial charge >= 0.3 is 6.18 Å². The highest BCUT2D eigenvalue weighted by Crippen LogP contribution is 2.28. The van der Waals surface area contributed by atoms with E-state index in [9.17, 15) is 18.0 Å². The highest BCUT2D eigenvalue weighted by molar-refractivity contribution is 7.11. The minimum Gasteiger partial charge on any atom is -0.382 e. The van der Waals surface area contributed by atoms with Gasteiger partial charge in [0.2, 0.25) is 0 Å².